The Labute approximate surface area is 205 Å². The molecule has 0 radical (unpaired) electrons. The molecule has 0 bridgehead atoms. The average Bonchev–Trinajstić information content (AvgIpc) is 2.78. The Kier molecular flexibility index (Phi) is 15.1. The van der Waals surface area contributed by atoms with Gasteiger partial charge in [0.15, 0.2) is 0 Å². The summed E-state index contributed by atoms with van der Waals surface area (Å²) in [6.45, 7) is 17.3. The normalized spacial score (nSPS) is 20.2. The van der Waals surface area contributed by atoms with Crippen molar-refractivity contribution in [1.29, 1.82) is 0 Å². The first-order valence-corrected chi connectivity index (χ1v) is 13.4. The van der Waals surface area contributed by atoms with Crippen molar-refractivity contribution in [3.05, 3.63) is 46.6 Å². The van der Waals surface area contributed by atoms with E-state index < -0.39 is 0 Å². The lowest BCUT2D eigenvalue weighted by Crippen LogP contribution is -2.58. The lowest BCUT2D eigenvalue weighted by molar-refractivity contribution is -0.137. The van der Waals surface area contributed by atoms with Gasteiger partial charge in [-0.1, -0.05) is 60.4 Å². The van der Waals surface area contributed by atoms with Crippen LogP contribution in [0.15, 0.2) is 46.6 Å². The Hall–Kier alpha value is -1.61. The van der Waals surface area contributed by atoms with Gasteiger partial charge in [0, 0.05) is 31.6 Å². The molecule has 1 aliphatic rings. The standard InChI is InChI=1S/C30H52N2O/c1-8-28-22-31-23-29(9-2)32(28)30(33)21-13-20-27(7)19-12-18-26(6)17-11-16-25(5)15-10-14-24(3)4/h14,16,18,20,28-29,31H,8-13,15,17,19,21-23H2,1-7H3. The Morgan fingerprint density at radius 3 is 1.48 bits per heavy atom. The zero-order valence-electron chi connectivity index (χ0n) is 22.8. The molecule has 1 saturated heterocycles. The third-order valence-corrected chi connectivity index (χ3v) is 6.78. The molecule has 0 aromatic heterocycles. The fourth-order valence-corrected chi connectivity index (χ4v) is 4.56. The van der Waals surface area contributed by atoms with E-state index in [2.05, 4.69) is 83.0 Å². The van der Waals surface area contributed by atoms with E-state index in [0.717, 1.165) is 64.5 Å². The van der Waals surface area contributed by atoms with Gasteiger partial charge in [-0.2, -0.15) is 0 Å². The summed E-state index contributed by atoms with van der Waals surface area (Å²) in [6, 6.07) is 0.704. The molecule has 1 fully saturated rings. The van der Waals surface area contributed by atoms with Gasteiger partial charge >= 0.3 is 0 Å². The largest absolute Gasteiger partial charge is 0.334 e. The van der Waals surface area contributed by atoms with Crippen LogP contribution in [0.3, 0.4) is 0 Å². The number of carbonyl (C=O) groups is 1. The number of hydrogen-bond donors (Lipinski definition) is 1. The Morgan fingerprint density at radius 1 is 0.697 bits per heavy atom. The molecule has 1 aliphatic heterocycles. The van der Waals surface area contributed by atoms with Gasteiger partial charge in [-0.05, 0) is 92.4 Å². The maximum Gasteiger partial charge on any atom is 0.223 e. The van der Waals surface area contributed by atoms with Gasteiger partial charge < -0.3 is 10.2 Å². The van der Waals surface area contributed by atoms with Crippen LogP contribution in [0.1, 0.15) is 113 Å². The molecule has 1 rings (SSSR count). The maximum absolute atomic E-state index is 12.9. The van der Waals surface area contributed by atoms with Crippen molar-refractivity contribution in [1.82, 2.24) is 10.2 Å². The predicted octanol–water partition coefficient (Wildman–Crippen LogP) is 7.90. The van der Waals surface area contributed by atoms with Gasteiger partial charge in [-0.25, -0.2) is 0 Å². The van der Waals surface area contributed by atoms with E-state index >= 15 is 0 Å². The van der Waals surface area contributed by atoms with Crippen molar-refractivity contribution in [2.75, 3.05) is 13.1 Å². The van der Waals surface area contributed by atoms with Crippen molar-refractivity contribution in [3.8, 4) is 0 Å². The molecule has 3 nitrogen and oxygen atoms in total. The number of hydrogen-bond acceptors (Lipinski definition) is 2. The number of amides is 1. The summed E-state index contributed by atoms with van der Waals surface area (Å²) in [7, 11) is 0. The molecule has 2 atom stereocenters. The van der Waals surface area contributed by atoms with Gasteiger partial charge in [-0.15, -0.1) is 0 Å². The lowest BCUT2D eigenvalue weighted by Gasteiger charge is -2.42. The van der Waals surface area contributed by atoms with Gasteiger partial charge in [-0.3, -0.25) is 4.79 Å². The Morgan fingerprint density at radius 2 is 1.09 bits per heavy atom. The van der Waals surface area contributed by atoms with Gasteiger partial charge in [0.05, 0.1) is 0 Å². The Balaban J connectivity index is 2.34. The molecular formula is C30H52N2O. The highest BCUT2D eigenvalue weighted by Crippen LogP contribution is 2.19. The number of nitrogens with one attached hydrogen (secondary N) is 1. The highest BCUT2D eigenvalue weighted by Gasteiger charge is 2.31. The fraction of sp³-hybridized carbons (Fsp3) is 0.700. The second-order valence-electron chi connectivity index (χ2n) is 10.2. The smallest absolute Gasteiger partial charge is 0.223 e. The second-order valence-corrected chi connectivity index (χ2v) is 10.2. The summed E-state index contributed by atoms with van der Waals surface area (Å²) in [5.41, 5.74) is 5.81. The average molecular weight is 457 g/mol. The highest BCUT2D eigenvalue weighted by molar-refractivity contribution is 5.77. The van der Waals surface area contributed by atoms with Crippen LogP contribution in [0.5, 0.6) is 0 Å². The quantitative estimate of drug-likeness (QED) is 0.269. The number of rotatable bonds is 14. The van der Waals surface area contributed by atoms with E-state index in [0.29, 0.717) is 24.4 Å². The lowest BCUT2D eigenvalue weighted by atomic mass is 10.0. The SMILES string of the molecule is CCC1CNCC(CC)N1C(=O)CCC=C(C)CCC=C(C)CCC=C(C)CCC=C(C)C. The molecule has 188 valence electrons. The van der Waals surface area contributed by atoms with Crippen LogP contribution in [0.2, 0.25) is 0 Å². The third kappa shape index (κ3) is 12.4. The molecule has 0 aromatic rings. The van der Waals surface area contributed by atoms with Crippen LogP contribution >= 0.6 is 0 Å². The molecule has 1 amide bonds. The van der Waals surface area contributed by atoms with Crippen LogP contribution in [-0.2, 0) is 4.79 Å². The molecule has 1 heterocycles. The first-order chi connectivity index (χ1) is 15.8. The zero-order chi connectivity index (χ0) is 24.6. The van der Waals surface area contributed by atoms with E-state index in [1.54, 1.807) is 0 Å². The predicted molar refractivity (Wildman–Crippen MR) is 146 cm³/mol. The first kappa shape index (κ1) is 29.4. The minimum absolute atomic E-state index is 0.333. The summed E-state index contributed by atoms with van der Waals surface area (Å²) < 4.78 is 0. The monoisotopic (exact) mass is 456 g/mol. The van der Waals surface area contributed by atoms with Gasteiger partial charge in [0.1, 0.15) is 0 Å². The summed E-state index contributed by atoms with van der Waals surface area (Å²) in [5.74, 6) is 0.333. The molecule has 0 spiro atoms. The summed E-state index contributed by atoms with van der Waals surface area (Å²) in [6.07, 6.45) is 19.8. The number of allylic oxidation sites excluding steroid dienone is 8. The summed E-state index contributed by atoms with van der Waals surface area (Å²) in [5, 5.41) is 3.49. The number of carbonyl (C=O) groups excluding carboxylic acids is 1. The molecule has 2 unspecified atom stereocenters. The topological polar surface area (TPSA) is 32.3 Å². The van der Waals surface area contributed by atoms with Crippen molar-refractivity contribution >= 4 is 5.91 Å². The zero-order valence-corrected chi connectivity index (χ0v) is 22.8. The van der Waals surface area contributed by atoms with Crippen LogP contribution in [-0.4, -0.2) is 36.0 Å². The molecule has 3 heteroatoms. The van der Waals surface area contributed by atoms with E-state index in [4.69, 9.17) is 0 Å². The third-order valence-electron chi connectivity index (χ3n) is 6.78. The van der Waals surface area contributed by atoms with E-state index in [-0.39, 0.29) is 0 Å². The molecule has 0 saturated carbocycles. The minimum Gasteiger partial charge on any atom is -0.334 e. The molecule has 1 N–H and O–H groups in total. The van der Waals surface area contributed by atoms with Crippen LogP contribution < -0.4 is 5.32 Å². The summed E-state index contributed by atoms with van der Waals surface area (Å²) in [4.78, 5) is 15.1. The molecule has 0 aliphatic carbocycles. The van der Waals surface area contributed by atoms with Crippen LogP contribution in [0.4, 0.5) is 0 Å². The van der Waals surface area contributed by atoms with E-state index in [1.165, 1.54) is 28.7 Å². The Bertz CT molecular complexity index is 682. The first-order valence-electron chi connectivity index (χ1n) is 13.4. The molecule has 33 heavy (non-hydrogen) atoms. The maximum atomic E-state index is 12.9. The molecule has 0 aromatic carbocycles. The highest BCUT2D eigenvalue weighted by atomic mass is 16.2. The molecular weight excluding hydrogens is 404 g/mol. The van der Waals surface area contributed by atoms with Crippen LogP contribution in [0.25, 0.3) is 0 Å². The number of piperazine rings is 1. The summed E-state index contributed by atoms with van der Waals surface area (Å²) >= 11 is 0. The fourth-order valence-electron chi connectivity index (χ4n) is 4.56. The second kappa shape index (κ2) is 16.9. The van der Waals surface area contributed by atoms with Gasteiger partial charge in [0.2, 0.25) is 5.91 Å². The van der Waals surface area contributed by atoms with E-state index in [1.807, 2.05) is 0 Å². The minimum atomic E-state index is 0.333. The number of nitrogens with zero attached hydrogens (tertiary/aromatic N) is 1. The van der Waals surface area contributed by atoms with Crippen LogP contribution in [0, 0.1) is 0 Å². The van der Waals surface area contributed by atoms with Crippen molar-refractivity contribution in [2.24, 2.45) is 0 Å². The van der Waals surface area contributed by atoms with Crippen molar-refractivity contribution in [2.45, 2.75) is 125 Å². The van der Waals surface area contributed by atoms with Gasteiger partial charge in [0.25, 0.3) is 0 Å². The van der Waals surface area contributed by atoms with E-state index in [9.17, 15) is 4.79 Å². The van der Waals surface area contributed by atoms with Crippen molar-refractivity contribution < 1.29 is 4.79 Å². The van der Waals surface area contributed by atoms with Crippen molar-refractivity contribution in [3.63, 3.8) is 0 Å².